The molecule has 0 aliphatic heterocycles. The number of aromatic amines is 1. The van der Waals surface area contributed by atoms with Gasteiger partial charge in [0.1, 0.15) is 6.61 Å². The van der Waals surface area contributed by atoms with E-state index in [1.807, 2.05) is 0 Å². The zero-order valence-electron chi connectivity index (χ0n) is 8.74. The van der Waals surface area contributed by atoms with Gasteiger partial charge < -0.3 is 14.8 Å². The second kappa shape index (κ2) is 5.35. The Hall–Kier alpha value is -1.31. The van der Waals surface area contributed by atoms with Crippen LogP contribution >= 0.6 is 7.82 Å². The Morgan fingerprint density at radius 3 is 2.71 bits per heavy atom. The summed E-state index contributed by atoms with van der Waals surface area (Å²) in [7, 11) is -4.72. The van der Waals surface area contributed by atoms with Gasteiger partial charge in [0, 0.05) is 11.8 Å². The summed E-state index contributed by atoms with van der Waals surface area (Å²) in [5, 5.41) is 0. The molecule has 1 rings (SSSR count). The molecule has 1 aromatic rings. The normalized spacial score (nSPS) is 11.5. The first-order chi connectivity index (χ1) is 7.85. The molecular weight excluding hydrogens is 253 g/mol. The second-order valence-corrected chi connectivity index (χ2v) is 4.25. The second-order valence-electron chi connectivity index (χ2n) is 3.12. The highest BCUT2D eigenvalue weighted by Crippen LogP contribution is 2.36. The van der Waals surface area contributed by atoms with Crippen LogP contribution in [0.5, 0.6) is 0 Å². The molecule has 0 atom stereocenters. The number of rotatable bonds is 5. The van der Waals surface area contributed by atoms with Gasteiger partial charge in [0.2, 0.25) is 0 Å². The van der Waals surface area contributed by atoms with Gasteiger partial charge in [-0.15, -0.1) is 4.67 Å². The van der Waals surface area contributed by atoms with E-state index in [2.05, 4.69) is 14.5 Å². The largest absolute Gasteiger partial charge is 0.496 e. The van der Waals surface area contributed by atoms with E-state index in [9.17, 15) is 14.2 Å². The molecule has 1 aromatic heterocycles. The summed E-state index contributed by atoms with van der Waals surface area (Å²) in [6, 6.07) is 0. The fourth-order valence-electron chi connectivity index (χ4n) is 1.08. The molecule has 94 valence electrons. The monoisotopic (exact) mass is 263 g/mol. The number of pyridine rings is 1. The van der Waals surface area contributed by atoms with Gasteiger partial charge in [0.05, 0.1) is 11.3 Å². The molecule has 9 heteroatoms. The van der Waals surface area contributed by atoms with Crippen LogP contribution in [0, 0.1) is 6.92 Å². The average molecular weight is 263 g/mol. The Balaban J connectivity index is 2.80. The smallest absolute Gasteiger partial charge is 0.362 e. The third kappa shape index (κ3) is 3.88. The van der Waals surface area contributed by atoms with Crippen molar-refractivity contribution in [1.82, 2.24) is 4.98 Å². The van der Waals surface area contributed by atoms with Crippen molar-refractivity contribution < 1.29 is 28.7 Å². The van der Waals surface area contributed by atoms with Crippen LogP contribution in [0.1, 0.15) is 21.6 Å². The van der Waals surface area contributed by atoms with Gasteiger partial charge in [-0.2, -0.15) is 0 Å². The van der Waals surface area contributed by atoms with Crippen LogP contribution in [-0.2, 0) is 20.7 Å². The molecule has 0 aliphatic rings. The molecule has 17 heavy (non-hydrogen) atoms. The van der Waals surface area contributed by atoms with E-state index in [1.54, 1.807) is 0 Å². The van der Waals surface area contributed by atoms with Crippen LogP contribution in [0.3, 0.4) is 0 Å². The predicted molar refractivity (Wildman–Crippen MR) is 55.1 cm³/mol. The Morgan fingerprint density at radius 2 is 2.18 bits per heavy atom. The van der Waals surface area contributed by atoms with Crippen LogP contribution in [-0.4, -0.2) is 21.1 Å². The maximum atomic E-state index is 11.5. The van der Waals surface area contributed by atoms with Crippen LogP contribution in [0.4, 0.5) is 0 Å². The summed E-state index contributed by atoms with van der Waals surface area (Å²) in [5.74, 6) is 0. The third-order valence-corrected chi connectivity index (χ3v) is 2.24. The first-order valence-corrected chi connectivity index (χ1v) is 5.91. The van der Waals surface area contributed by atoms with E-state index in [4.69, 9.17) is 9.79 Å². The lowest BCUT2D eigenvalue weighted by Crippen LogP contribution is -2.15. The molecule has 0 aliphatic carbocycles. The quantitative estimate of drug-likeness (QED) is 0.296. The van der Waals surface area contributed by atoms with Gasteiger partial charge >= 0.3 is 7.82 Å². The SMILES string of the molecule is Cc1c(COOP(=O)(O)O)[nH]cc(C=O)c1=O. The lowest BCUT2D eigenvalue weighted by Gasteiger charge is -2.07. The molecule has 0 radical (unpaired) electrons. The molecule has 1 heterocycles. The molecule has 0 spiro atoms. The number of aromatic nitrogens is 1. The minimum Gasteiger partial charge on any atom is -0.362 e. The maximum Gasteiger partial charge on any atom is 0.496 e. The Morgan fingerprint density at radius 1 is 1.53 bits per heavy atom. The van der Waals surface area contributed by atoms with E-state index in [1.165, 1.54) is 13.1 Å². The van der Waals surface area contributed by atoms with E-state index < -0.39 is 13.3 Å². The number of H-pyrrole nitrogens is 1. The molecule has 0 aromatic carbocycles. The van der Waals surface area contributed by atoms with Crippen molar-refractivity contribution in [2.45, 2.75) is 13.5 Å². The van der Waals surface area contributed by atoms with E-state index >= 15 is 0 Å². The van der Waals surface area contributed by atoms with Crippen molar-refractivity contribution >= 4 is 14.1 Å². The lowest BCUT2D eigenvalue weighted by atomic mass is 10.1. The highest BCUT2D eigenvalue weighted by molar-refractivity contribution is 7.46. The topological polar surface area (TPSA) is 126 Å². The lowest BCUT2D eigenvalue weighted by molar-refractivity contribution is -0.233. The third-order valence-electron chi connectivity index (χ3n) is 1.94. The number of nitrogens with one attached hydrogen (secondary N) is 1. The first-order valence-electron chi connectivity index (χ1n) is 4.38. The van der Waals surface area contributed by atoms with Gasteiger partial charge in [-0.1, -0.05) is 0 Å². The highest BCUT2D eigenvalue weighted by Gasteiger charge is 2.16. The Kier molecular flexibility index (Phi) is 4.33. The van der Waals surface area contributed by atoms with Crippen molar-refractivity contribution in [3.8, 4) is 0 Å². The minimum absolute atomic E-state index is 0.0397. The summed E-state index contributed by atoms with van der Waals surface area (Å²) >= 11 is 0. The average Bonchev–Trinajstić information content (AvgIpc) is 2.23. The zero-order valence-corrected chi connectivity index (χ0v) is 9.64. The van der Waals surface area contributed by atoms with Crippen molar-refractivity contribution in [3.63, 3.8) is 0 Å². The number of carbonyl (C=O) groups is 1. The summed E-state index contributed by atoms with van der Waals surface area (Å²) in [6.07, 6.45) is 1.58. The summed E-state index contributed by atoms with van der Waals surface area (Å²) in [4.78, 5) is 45.5. The van der Waals surface area contributed by atoms with E-state index in [-0.39, 0.29) is 23.4 Å². The van der Waals surface area contributed by atoms with Crippen LogP contribution in [0.2, 0.25) is 0 Å². The van der Waals surface area contributed by atoms with Crippen LogP contribution < -0.4 is 5.43 Å². The molecule has 0 amide bonds. The van der Waals surface area contributed by atoms with Crippen LogP contribution in [0.25, 0.3) is 0 Å². The minimum atomic E-state index is -4.72. The molecule has 0 saturated heterocycles. The van der Waals surface area contributed by atoms with E-state index in [0.29, 0.717) is 6.29 Å². The number of hydrogen-bond donors (Lipinski definition) is 3. The summed E-state index contributed by atoms with van der Waals surface area (Å²) in [6.45, 7) is 1.09. The fraction of sp³-hybridized carbons (Fsp3) is 0.250. The summed E-state index contributed by atoms with van der Waals surface area (Å²) in [5.41, 5.74) is -0.0475. The molecule has 0 unspecified atom stereocenters. The van der Waals surface area contributed by atoms with E-state index in [0.717, 1.165) is 0 Å². The maximum absolute atomic E-state index is 11.5. The molecule has 0 saturated carbocycles. The van der Waals surface area contributed by atoms with Gasteiger partial charge in [0.25, 0.3) is 0 Å². The zero-order chi connectivity index (χ0) is 13.1. The van der Waals surface area contributed by atoms with Crippen LogP contribution in [0.15, 0.2) is 11.0 Å². The van der Waals surface area contributed by atoms with Gasteiger partial charge in [-0.3, -0.25) is 9.59 Å². The fourth-order valence-corrected chi connectivity index (χ4v) is 1.27. The number of carbonyl (C=O) groups excluding carboxylic acids is 1. The summed E-state index contributed by atoms with van der Waals surface area (Å²) < 4.78 is 14.1. The number of aldehydes is 1. The predicted octanol–water partition coefficient (Wildman–Crippen LogP) is 0.0367. The standard InChI is InChI=1S/C8H10NO7P/c1-5-7(4-15-16-17(12,13)14)9-2-6(3-10)8(5)11/h2-3H,4H2,1H3,(H,9,11)(H2,12,13,14). The number of phosphoric acid groups is 1. The molecular formula is C8H10NO7P. The number of hydrogen-bond acceptors (Lipinski definition) is 5. The molecule has 3 N–H and O–H groups in total. The highest BCUT2D eigenvalue weighted by atomic mass is 31.2. The first kappa shape index (κ1) is 13.8. The van der Waals surface area contributed by atoms with Crippen molar-refractivity contribution in [2.75, 3.05) is 0 Å². The Bertz CT molecular complexity index is 517. The molecule has 0 bridgehead atoms. The molecule has 0 fully saturated rings. The van der Waals surface area contributed by atoms with Gasteiger partial charge in [-0.05, 0) is 6.92 Å². The molecule has 8 nitrogen and oxygen atoms in total. The van der Waals surface area contributed by atoms with Gasteiger partial charge in [0.15, 0.2) is 11.7 Å². The van der Waals surface area contributed by atoms with Crippen molar-refractivity contribution in [2.24, 2.45) is 0 Å². The Labute approximate surface area is 95.4 Å². The van der Waals surface area contributed by atoms with Crippen molar-refractivity contribution in [3.05, 3.63) is 33.2 Å². The van der Waals surface area contributed by atoms with Gasteiger partial charge in [-0.25, -0.2) is 9.45 Å². The van der Waals surface area contributed by atoms with Crippen molar-refractivity contribution in [1.29, 1.82) is 0 Å².